The minimum atomic E-state index is 0. The van der Waals surface area contributed by atoms with Crippen molar-refractivity contribution in [3.63, 3.8) is 0 Å². The van der Waals surface area contributed by atoms with Crippen LogP contribution < -0.4 is 5.73 Å². The molecule has 0 aliphatic carbocycles. The summed E-state index contributed by atoms with van der Waals surface area (Å²) in [5, 5.41) is 3.20. The quantitative estimate of drug-likeness (QED) is 0.751. The topological polar surface area (TPSA) is 46.3 Å². The second-order valence-electron chi connectivity index (χ2n) is 6.40. The van der Waals surface area contributed by atoms with Crippen molar-refractivity contribution in [3.05, 3.63) is 71.1 Å². The molecule has 1 fully saturated rings. The molecule has 0 radical (unpaired) electrons. The number of halogens is 1. The molecule has 1 aliphatic rings. The lowest BCUT2D eigenvalue weighted by molar-refractivity contribution is 0.0786. The molecule has 0 unspecified atom stereocenters. The van der Waals surface area contributed by atoms with Gasteiger partial charge < -0.3 is 10.6 Å². The van der Waals surface area contributed by atoms with Crippen LogP contribution in [0.2, 0.25) is 0 Å². The zero-order chi connectivity index (χ0) is 16.5. The van der Waals surface area contributed by atoms with Crippen LogP contribution in [0.25, 0.3) is 10.1 Å². The van der Waals surface area contributed by atoms with E-state index in [1.54, 1.807) is 11.3 Å². The highest BCUT2D eigenvalue weighted by Crippen LogP contribution is 2.33. The van der Waals surface area contributed by atoms with E-state index in [4.69, 9.17) is 5.73 Å². The maximum absolute atomic E-state index is 12.9. The van der Waals surface area contributed by atoms with Gasteiger partial charge in [-0.15, -0.1) is 23.7 Å². The van der Waals surface area contributed by atoms with E-state index >= 15 is 0 Å². The predicted molar refractivity (Wildman–Crippen MR) is 107 cm³/mol. The molecule has 2 atom stereocenters. The smallest absolute Gasteiger partial charge is 0.253 e. The molecule has 3 nitrogen and oxygen atoms in total. The van der Waals surface area contributed by atoms with Gasteiger partial charge in [0.05, 0.1) is 0 Å². The highest BCUT2D eigenvalue weighted by Gasteiger charge is 2.35. The summed E-state index contributed by atoms with van der Waals surface area (Å²) >= 11 is 1.70. The van der Waals surface area contributed by atoms with Crippen LogP contribution in [-0.2, 0) is 0 Å². The van der Waals surface area contributed by atoms with Crippen LogP contribution in [0.15, 0.2) is 60.0 Å². The first-order valence-electron chi connectivity index (χ1n) is 8.28. The van der Waals surface area contributed by atoms with Gasteiger partial charge in [0.2, 0.25) is 0 Å². The molecule has 2 aromatic carbocycles. The van der Waals surface area contributed by atoms with Crippen molar-refractivity contribution in [3.8, 4) is 0 Å². The average molecular weight is 373 g/mol. The van der Waals surface area contributed by atoms with Crippen molar-refractivity contribution in [2.24, 2.45) is 11.7 Å². The van der Waals surface area contributed by atoms with Gasteiger partial charge in [0, 0.05) is 29.3 Å². The Morgan fingerprint density at radius 3 is 2.68 bits per heavy atom. The molecule has 25 heavy (non-hydrogen) atoms. The van der Waals surface area contributed by atoms with Crippen molar-refractivity contribution in [1.82, 2.24) is 4.90 Å². The molecule has 5 heteroatoms. The van der Waals surface area contributed by atoms with Crippen molar-refractivity contribution in [2.75, 3.05) is 19.6 Å². The molecule has 1 saturated heterocycles. The zero-order valence-corrected chi connectivity index (χ0v) is 15.4. The van der Waals surface area contributed by atoms with E-state index in [1.807, 2.05) is 29.2 Å². The number of hydrogen-bond acceptors (Lipinski definition) is 3. The van der Waals surface area contributed by atoms with E-state index in [1.165, 1.54) is 10.3 Å². The van der Waals surface area contributed by atoms with Gasteiger partial charge in [0.15, 0.2) is 0 Å². The van der Waals surface area contributed by atoms with Gasteiger partial charge in [-0.3, -0.25) is 4.79 Å². The zero-order valence-electron chi connectivity index (χ0n) is 13.8. The SMILES string of the molecule is Cl.NC[C@@H]1CN(C(=O)c2ccc3sccc3c2)C[C@H]1c1ccccc1. The Bertz CT molecular complexity index is 864. The van der Waals surface area contributed by atoms with Gasteiger partial charge in [0.1, 0.15) is 0 Å². The molecule has 3 aromatic rings. The lowest BCUT2D eigenvalue weighted by Crippen LogP contribution is -2.29. The average Bonchev–Trinajstić information content (AvgIpc) is 3.27. The fraction of sp³-hybridized carbons (Fsp3) is 0.250. The normalized spacial score (nSPS) is 19.8. The Labute approximate surface area is 157 Å². The number of rotatable bonds is 3. The van der Waals surface area contributed by atoms with Gasteiger partial charge in [-0.25, -0.2) is 0 Å². The molecule has 130 valence electrons. The first kappa shape index (κ1) is 17.9. The van der Waals surface area contributed by atoms with Gasteiger partial charge in [-0.2, -0.15) is 0 Å². The molecular weight excluding hydrogens is 352 g/mol. The largest absolute Gasteiger partial charge is 0.338 e. The maximum Gasteiger partial charge on any atom is 0.253 e. The number of fused-ring (bicyclic) bond motifs is 1. The van der Waals surface area contributed by atoms with E-state index in [0.29, 0.717) is 18.4 Å². The number of carbonyl (C=O) groups is 1. The van der Waals surface area contributed by atoms with Crippen LogP contribution in [0.5, 0.6) is 0 Å². The maximum atomic E-state index is 12.9. The fourth-order valence-corrected chi connectivity index (χ4v) is 4.41. The van der Waals surface area contributed by atoms with E-state index < -0.39 is 0 Å². The molecule has 0 spiro atoms. The molecule has 2 N–H and O–H groups in total. The third-order valence-corrected chi connectivity index (χ3v) is 5.86. The number of nitrogens with two attached hydrogens (primary N) is 1. The number of amides is 1. The van der Waals surface area contributed by atoms with Gasteiger partial charge in [-0.1, -0.05) is 30.3 Å². The number of hydrogen-bond donors (Lipinski definition) is 1. The van der Waals surface area contributed by atoms with Gasteiger partial charge in [0.25, 0.3) is 5.91 Å². The number of likely N-dealkylation sites (tertiary alicyclic amines) is 1. The molecule has 1 aromatic heterocycles. The Morgan fingerprint density at radius 2 is 1.92 bits per heavy atom. The van der Waals surface area contributed by atoms with Crippen molar-refractivity contribution >= 4 is 39.7 Å². The van der Waals surface area contributed by atoms with E-state index in [0.717, 1.165) is 24.0 Å². The second kappa shape index (κ2) is 7.56. The summed E-state index contributed by atoms with van der Waals surface area (Å²) in [7, 11) is 0. The predicted octanol–water partition coefficient (Wildman–Crippen LogP) is 4.14. The molecule has 0 saturated carbocycles. The Kier molecular flexibility index (Phi) is 5.42. The van der Waals surface area contributed by atoms with Crippen LogP contribution in [0, 0.1) is 5.92 Å². The monoisotopic (exact) mass is 372 g/mol. The van der Waals surface area contributed by atoms with E-state index in [2.05, 4.69) is 35.7 Å². The van der Waals surface area contributed by atoms with Crippen LogP contribution in [0.4, 0.5) is 0 Å². The molecule has 0 bridgehead atoms. The van der Waals surface area contributed by atoms with Crippen molar-refractivity contribution in [1.29, 1.82) is 0 Å². The second-order valence-corrected chi connectivity index (χ2v) is 7.34. The minimum Gasteiger partial charge on any atom is -0.338 e. The standard InChI is InChI=1S/C20H20N2OS.ClH/c21-11-17-12-22(13-18(17)14-4-2-1-3-5-14)20(23)16-6-7-19-15(10-16)8-9-24-19;/h1-10,17-18H,11-13,21H2;1H/t17-,18+;/m1./s1. The van der Waals surface area contributed by atoms with Crippen LogP contribution in [0.3, 0.4) is 0 Å². The number of benzene rings is 2. The molecule has 4 rings (SSSR count). The van der Waals surface area contributed by atoms with Gasteiger partial charge >= 0.3 is 0 Å². The summed E-state index contributed by atoms with van der Waals surface area (Å²) in [6, 6.07) is 18.5. The van der Waals surface area contributed by atoms with Crippen LogP contribution in [0.1, 0.15) is 21.8 Å². The van der Waals surface area contributed by atoms with Crippen LogP contribution in [-0.4, -0.2) is 30.4 Å². The summed E-state index contributed by atoms with van der Waals surface area (Å²) in [5.41, 5.74) is 8.03. The first-order chi connectivity index (χ1) is 11.8. The fourth-order valence-electron chi connectivity index (χ4n) is 3.64. The van der Waals surface area contributed by atoms with Gasteiger partial charge in [-0.05, 0) is 53.1 Å². The third kappa shape index (κ3) is 3.43. The first-order valence-corrected chi connectivity index (χ1v) is 9.16. The molecule has 1 aliphatic heterocycles. The Morgan fingerprint density at radius 1 is 1.12 bits per heavy atom. The molecule has 1 amide bonds. The van der Waals surface area contributed by atoms with E-state index in [9.17, 15) is 4.79 Å². The Hall–Kier alpha value is -1.88. The summed E-state index contributed by atoms with van der Waals surface area (Å²) in [5.74, 6) is 0.756. The lowest BCUT2D eigenvalue weighted by atomic mass is 9.89. The number of nitrogens with zero attached hydrogens (tertiary/aromatic N) is 1. The highest BCUT2D eigenvalue weighted by molar-refractivity contribution is 7.17. The summed E-state index contributed by atoms with van der Waals surface area (Å²) in [4.78, 5) is 14.9. The minimum absolute atomic E-state index is 0. The van der Waals surface area contributed by atoms with Crippen LogP contribution >= 0.6 is 23.7 Å². The van der Waals surface area contributed by atoms with Crippen molar-refractivity contribution < 1.29 is 4.79 Å². The van der Waals surface area contributed by atoms with E-state index in [-0.39, 0.29) is 18.3 Å². The summed E-state index contributed by atoms with van der Waals surface area (Å²) in [6.07, 6.45) is 0. The summed E-state index contributed by atoms with van der Waals surface area (Å²) < 4.78 is 1.22. The number of thiophene rings is 1. The Balaban J connectivity index is 0.00000182. The van der Waals surface area contributed by atoms with Crippen molar-refractivity contribution in [2.45, 2.75) is 5.92 Å². The molecule has 2 heterocycles. The molecular formula is C20H21ClN2OS. The number of carbonyl (C=O) groups excluding carboxylic acids is 1. The lowest BCUT2D eigenvalue weighted by Gasteiger charge is -2.17. The third-order valence-electron chi connectivity index (χ3n) is 4.96. The summed E-state index contributed by atoms with van der Waals surface area (Å²) in [6.45, 7) is 2.08. The highest BCUT2D eigenvalue weighted by atomic mass is 35.5.